The van der Waals surface area contributed by atoms with E-state index in [0.717, 1.165) is 19.2 Å². The minimum absolute atomic E-state index is 0.0165. The van der Waals surface area contributed by atoms with Gasteiger partial charge in [0.15, 0.2) is 0 Å². The molecule has 1 heterocycles. The third-order valence-corrected chi connectivity index (χ3v) is 2.72. The summed E-state index contributed by atoms with van der Waals surface area (Å²) in [6, 6.07) is 1.20. The number of amides is 1. The fraction of sp³-hybridized carbons (Fsp3) is 0.538. The van der Waals surface area contributed by atoms with Crippen LogP contribution in [-0.4, -0.2) is 49.5 Å². The lowest BCUT2D eigenvalue weighted by atomic mass is 10.2. The number of halogens is 1. The summed E-state index contributed by atoms with van der Waals surface area (Å²) in [5.41, 5.74) is 0.221. The van der Waals surface area contributed by atoms with Crippen molar-refractivity contribution in [1.29, 1.82) is 0 Å². The second-order valence-corrected chi connectivity index (χ2v) is 4.77. The van der Waals surface area contributed by atoms with Gasteiger partial charge in [-0.3, -0.25) is 4.79 Å². The predicted octanol–water partition coefficient (Wildman–Crippen LogP) is 1.33. The summed E-state index contributed by atoms with van der Waals surface area (Å²) in [5.74, 6) is -0.466. The zero-order valence-electron chi connectivity index (χ0n) is 11.8. The van der Waals surface area contributed by atoms with Crippen molar-refractivity contribution in [2.24, 2.45) is 0 Å². The maximum absolute atomic E-state index is 13.2. The van der Waals surface area contributed by atoms with Crippen LogP contribution < -0.4 is 10.6 Å². The highest BCUT2D eigenvalue weighted by atomic mass is 19.1. The molecule has 6 heteroatoms. The smallest absolute Gasteiger partial charge is 0.255 e. The van der Waals surface area contributed by atoms with Gasteiger partial charge in [-0.1, -0.05) is 0 Å². The maximum Gasteiger partial charge on any atom is 0.255 e. The van der Waals surface area contributed by atoms with E-state index in [0.29, 0.717) is 5.82 Å². The summed E-state index contributed by atoms with van der Waals surface area (Å²) < 4.78 is 13.2. The zero-order chi connectivity index (χ0) is 14.4. The van der Waals surface area contributed by atoms with Crippen LogP contribution in [0.15, 0.2) is 12.3 Å². The number of aromatic nitrogens is 1. The first-order chi connectivity index (χ1) is 8.93. The number of pyridine rings is 1. The lowest BCUT2D eigenvalue weighted by Gasteiger charge is -2.17. The molecular formula is C13H21FN4O. The summed E-state index contributed by atoms with van der Waals surface area (Å²) in [5, 5.41) is 5.62. The first-order valence-electron chi connectivity index (χ1n) is 6.23. The van der Waals surface area contributed by atoms with Crippen LogP contribution >= 0.6 is 0 Å². The topological polar surface area (TPSA) is 57.3 Å². The van der Waals surface area contributed by atoms with Crippen molar-refractivity contribution in [3.05, 3.63) is 23.6 Å². The van der Waals surface area contributed by atoms with Crippen molar-refractivity contribution in [3.8, 4) is 0 Å². The van der Waals surface area contributed by atoms with Gasteiger partial charge in [0.05, 0.1) is 11.8 Å². The molecule has 0 saturated heterocycles. The van der Waals surface area contributed by atoms with E-state index in [4.69, 9.17) is 0 Å². The van der Waals surface area contributed by atoms with E-state index in [-0.39, 0.29) is 17.5 Å². The number of carbonyl (C=O) groups excluding carboxylic acids is 1. The van der Waals surface area contributed by atoms with E-state index in [2.05, 4.69) is 15.6 Å². The molecule has 1 aromatic rings. The summed E-state index contributed by atoms with van der Waals surface area (Å²) >= 11 is 0. The van der Waals surface area contributed by atoms with Crippen LogP contribution in [0.1, 0.15) is 23.7 Å². The summed E-state index contributed by atoms with van der Waals surface area (Å²) in [6.45, 7) is 2.80. The lowest BCUT2D eigenvalue weighted by molar-refractivity contribution is 0.0937. The van der Waals surface area contributed by atoms with Gasteiger partial charge in [-0.25, -0.2) is 9.37 Å². The molecule has 0 aliphatic heterocycles. The van der Waals surface area contributed by atoms with Crippen LogP contribution in [0.3, 0.4) is 0 Å². The fourth-order valence-corrected chi connectivity index (χ4v) is 1.64. The largest absolute Gasteiger partial charge is 0.372 e. The van der Waals surface area contributed by atoms with Gasteiger partial charge >= 0.3 is 0 Å². The maximum atomic E-state index is 13.2. The Balaban J connectivity index is 2.69. The first kappa shape index (κ1) is 15.4. The Morgan fingerprint density at radius 3 is 2.79 bits per heavy atom. The van der Waals surface area contributed by atoms with Gasteiger partial charge < -0.3 is 15.5 Å². The number of carbonyl (C=O) groups is 1. The zero-order valence-corrected chi connectivity index (χ0v) is 11.8. The molecule has 1 aromatic heterocycles. The fourth-order valence-electron chi connectivity index (χ4n) is 1.64. The molecular weight excluding hydrogens is 247 g/mol. The summed E-state index contributed by atoms with van der Waals surface area (Å²) in [7, 11) is 5.60. The highest BCUT2D eigenvalue weighted by Gasteiger charge is 2.15. The number of rotatable bonds is 6. The quantitative estimate of drug-likeness (QED) is 0.817. The molecule has 0 bridgehead atoms. The predicted molar refractivity (Wildman–Crippen MR) is 73.8 cm³/mol. The molecule has 5 nitrogen and oxygen atoms in total. The molecule has 1 unspecified atom stereocenters. The molecule has 0 aromatic carbocycles. The van der Waals surface area contributed by atoms with Crippen LogP contribution in [0.5, 0.6) is 0 Å². The Hall–Kier alpha value is -1.69. The van der Waals surface area contributed by atoms with E-state index in [1.165, 1.54) is 6.07 Å². The SMILES string of the molecule is CNc1ncc(F)cc1C(=O)NC(C)CCN(C)C. The average molecular weight is 268 g/mol. The number of hydrogen-bond acceptors (Lipinski definition) is 4. The minimum Gasteiger partial charge on any atom is -0.372 e. The summed E-state index contributed by atoms with van der Waals surface area (Å²) in [6.07, 6.45) is 1.91. The van der Waals surface area contributed by atoms with E-state index < -0.39 is 5.82 Å². The molecule has 1 atom stereocenters. The van der Waals surface area contributed by atoms with Crippen LogP contribution in [0.25, 0.3) is 0 Å². The number of nitrogens with zero attached hydrogens (tertiary/aromatic N) is 2. The molecule has 106 valence electrons. The van der Waals surface area contributed by atoms with E-state index in [1.807, 2.05) is 25.9 Å². The standard InChI is InChI=1S/C13H21FN4O/c1-9(5-6-18(3)4)17-13(19)11-7-10(14)8-16-12(11)15-2/h7-9H,5-6H2,1-4H3,(H,15,16)(H,17,19). The third-order valence-electron chi connectivity index (χ3n) is 2.72. The molecule has 0 saturated carbocycles. The molecule has 0 aliphatic carbocycles. The van der Waals surface area contributed by atoms with Crippen molar-refractivity contribution in [3.63, 3.8) is 0 Å². The molecule has 19 heavy (non-hydrogen) atoms. The van der Waals surface area contributed by atoms with Gasteiger partial charge in [-0.15, -0.1) is 0 Å². The molecule has 1 rings (SSSR count). The monoisotopic (exact) mass is 268 g/mol. The van der Waals surface area contributed by atoms with Crippen LogP contribution in [0.4, 0.5) is 10.2 Å². The number of hydrogen-bond donors (Lipinski definition) is 2. The van der Waals surface area contributed by atoms with Crippen LogP contribution in [0.2, 0.25) is 0 Å². The van der Waals surface area contributed by atoms with Crippen molar-refractivity contribution in [2.45, 2.75) is 19.4 Å². The minimum atomic E-state index is -0.523. The van der Waals surface area contributed by atoms with Gasteiger partial charge in [0.1, 0.15) is 11.6 Å². The van der Waals surface area contributed by atoms with Crippen molar-refractivity contribution >= 4 is 11.7 Å². The van der Waals surface area contributed by atoms with Crippen LogP contribution in [0, 0.1) is 5.82 Å². The van der Waals surface area contributed by atoms with Gasteiger partial charge in [-0.2, -0.15) is 0 Å². The van der Waals surface area contributed by atoms with Crippen molar-refractivity contribution in [1.82, 2.24) is 15.2 Å². The number of anilines is 1. The van der Waals surface area contributed by atoms with Gasteiger partial charge in [0, 0.05) is 13.1 Å². The van der Waals surface area contributed by atoms with Gasteiger partial charge in [-0.05, 0) is 40.1 Å². The highest BCUT2D eigenvalue weighted by molar-refractivity contribution is 5.98. The lowest BCUT2D eigenvalue weighted by Crippen LogP contribution is -2.35. The second kappa shape index (κ2) is 7.04. The van der Waals surface area contributed by atoms with E-state index >= 15 is 0 Å². The summed E-state index contributed by atoms with van der Waals surface area (Å²) in [4.78, 5) is 18.0. The highest BCUT2D eigenvalue weighted by Crippen LogP contribution is 2.13. The molecule has 0 spiro atoms. The molecule has 1 amide bonds. The normalized spacial score (nSPS) is 12.3. The second-order valence-electron chi connectivity index (χ2n) is 4.77. The van der Waals surface area contributed by atoms with E-state index in [9.17, 15) is 9.18 Å². The number of nitrogens with one attached hydrogen (secondary N) is 2. The molecule has 0 fully saturated rings. The Morgan fingerprint density at radius 1 is 1.53 bits per heavy atom. The molecule has 0 radical (unpaired) electrons. The molecule has 0 aliphatic rings. The van der Waals surface area contributed by atoms with Crippen molar-refractivity contribution < 1.29 is 9.18 Å². The van der Waals surface area contributed by atoms with Crippen LogP contribution in [-0.2, 0) is 0 Å². The first-order valence-corrected chi connectivity index (χ1v) is 6.23. The molecule has 2 N–H and O–H groups in total. The van der Waals surface area contributed by atoms with Gasteiger partial charge in [0.2, 0.25) is 0 Å². The Labute approximate surface area is 113 Å². The Morgan fingerprint density at radius 2 is 2.21 bits per heavy atom. The Bertz CT molecular complexity index is 437. The van der Waals surface area contributed by atoms with Crippen molar-refractivity contribution in [2.75, 3.05) is 33.0 Å². The average Bonchev–Trinajstić information content (AvgIpc) is 2.36. The van der Waals surface area contributed by atoms with Gasteiger partial charge in [0.25, 0.3) is 5.91 Å². The Kier molecular flexibility index (Phi) is 5.69. The van der Waals surface area contributed by atoms with E-state index in [1.54, 1.807) is 7.05 Å². The third kappa shape index (κ3) is 4.82.